The van der Waals surface area contributed by atoms with Crippen molar-refractivity contribution in [3.05, 3.63) is 30.3 Å². The summed E-state index contributed by atoms with van der Waals surface area (Å²) in [6.45, 7) is 2.07. The molecule has 1 N–H and O–H groups in total. The predicted molar refractivity (Wildman–Crippen MR) is 73.2 cm³/mol. The van der Waals surface area contributed by atoms with Gasteiger partial charge in [0.25, 0.3) is 0 Å². The lowest BCUT2D eigenvalue weighted by Crippen LogP contribution is -2.40. The third kappa shape index (κ3) is 3.25. The zero-order chi connectivity index (χ0) is 13.2. The lowest BCUT2D eigenvalue weighted by Gasteiger charge is -2.30. The predicted octanol–water partition coefficient (Wildman–Crippen LogP) is 2.76. The third-order valence-electron chi connectivity index (χ3n) is 3.44. The fourth-order valence-electron chi connectivity index (χ4n) is 2.35. The summed E-state index contributed by atoms with van der Waals surface area (Å²) in [4.78, 5) is 0.325. The van der Waals surface area contributed by atoms with Crippen molar-refractivity contribution in [2.24, 2.45) is 5.92 Å². The second-order valence-electron chi connectivity index (χ2n) is 4.94. The average Bonchev–Trinajstić information content (AvgIpc) is 2.35. The maximum Gasteiger partial charge on any atom is 0.240 e. The lowest BCUT2D eigenvalue weighted by molar-refractivity contribution is 0.333. The topological polar surface area (TPSA) is 46.2 Å². The van der Waals surface area contributed by atoms with E-state index in [9.17, 15) is 8.42 Å². The van der Waals surface area contributed by atoms with Gasteiger partial charge in [-0.2, -0.15) is 0 Å². The molecule has 3 nitrogen and oxygen atoms in total. The standard InChI is InChI=1S/C13H18ClNO2S/c1-10-9-11(7-8-13(10)14)15-18(16,17)12-5-3-2-4-6-12/h2-6,10-11,13,15H,7-9H2,1H3. The second-order valence-corrected chi connectivity index (χ2v) is 7.21. The van der Waals surface area contributed by atoms with Crippen LogP contribution in [-0.2, 0) is 10.0 Å². The Morgan fingerprint density at radius 3 is 2.50 bits per heavy atom. The van der Waals surface area contributed by atoms with Gasteiger partial charge in [-0.15, -0.1) is 11.6 Å². The molecular formula is C13H18ClNO2S. The fraction of sp³-hybridized carbons (Fsp3) is 0.538. The van der Waals surface area contributed by atoms with Gasteiger partial charge in [-0.25, -0.2) is 13.1 Å². The van der Waals surface area contributed by atoms with Crippen LogP contribution in [0.2, 0.25) is 0 Å². The fourth-order valence-corrected chi connectivity index (χ4v) is 3.89. The SMILES string of the molecule is CC1CC(NS(=O)(=O)c2ccccc2)CCC1Cl. The maximum atomic E-state index is 12.1. The van der Waals surface area contributed by atoms with E-state index in [0.717, 1.165) is 19.3 Å². The van der Waals surface area contributed by atoms with Crippen LogP contribution < -0.4 is 4.72 Å². The highest BCUT2D eigenvalue weighted by atomic mass is 35.5. The summed E-state index contributed by atoms with van der Waals surface area (Å²) in [6, 6.07) is 8.48. The van der Waals surface area contributed by atoms with E-state index >= 15 is 0 Å². The first kappa shape index (κ1) is 13.8. The average molecular weight is 288 g/mol. The van der Waals surface area contributed by atoms with E-state index in [0.29, 0.717) is 10.8 Å². The second kappa shape index (κ2) is 5.59. The van der Waals surface area contributed by atoms with Gasteiger partial charge in [0.05, 0.1) is 4.90 Å². The molecule has 0 aliphatic heterocycles. The minimum atomic E-state index is -3.39. The van der Waals surface area contributed by atoms with Gasteiger partial charge < -0.3 is 0 Å². The van der Waals surface area contributed by atoms with E-state index in [-0.39, 0.29) is 11.4 Å². The summed E-state index contributed by atoms with van der Waals surface area (Å²) in [7, 11) is -3.39. The van der Waals surface area contributed by atoms with Crippen LogP contribution >= 0.6 is 11.6 Å². The van der Waals surface area contributed by atoms with Crippen LogP contribution in [0, 0.1) is 5.92 Å². The van der Waals surface area contributed by atoms with E-state index in [1.54, 1.807) is 30.3 Å². The molecule has 1 aliphatic rings. The van der Waals surface area contributed by atoms with Crippen LogP contribution in [0.3, 0.4) is 0 Å². The number of alkyl halides is 1. The number of sulfonamides is 1. The van der Waals surface area contributed by atoms with Crippen molar-refractivity contribution in [2.75, 3.05) is 0 Å². The molecule has 5 heteroatoms. The van der Waals surface area contributed by atoms with Gasteiger partial charge in [0.2, 0.25) is 10.0 Å². The molecule has 1 fully saturated rings. The summed E-state index contributed by atoms with van der Waals surface area (Å²) in [5, 5.41) is 0.169. The maximum absolute atomic E-state index is 12.1. The van der Waals surface area contributed by atoms with Gasteiger partial charge in [-0.05, 0) is 37.3 Å². The van der Waals surface area contributed by atoms with Crippen molar-refractivity contribution in [3.63, 3.8) is 0 Å². The Morgan fingerprint density at radius 1 is 1.22 bits per heavy atom. The summed E-state index contributed by atoms with van der Waals surface area (Å²) >= 11 is 6.14. The quantitative estimate of drug-likeness (QED) is 0.869. The highest BCUT2D eigenvalue weighted by Crippen LogP contribution is 2.29. The minimum absolute atomic E-state index is 0.000191. The van der Waals surface area contributed by atoms with Crippen LogP contribution in [0.4, 0.5) is 0 Å². The number of hydrogen-bond acceptors (Lipinski definition) is 2. The molecule has 0 amide bonds. The van der Waals surface area contributed by atoms with Crippen LogP contribution in [0.25, 0.3) is 0 Å². The molecule has 1 saturated carbocycles. The summed E-state index contributed by atoms with van der Waals surface area (Å²) < 4.78 is 27.1. The molecule has 1 aromatic rings. The summed E-state index contributed by atoms with van der Waals surface area (Å²) in [5.74, 6) is 0.351. The molecular weight excluding hydrogens is 270 g/mol. The van der Waals surface area contributed by atoms with Crippen LogP contribution in [-0.4, -0.2) is 19.8 Å². The Morgan fingerprint density at radius 2 is 1.89 bits per heavy atom. The summed E-state index contributed by atoms with van der Waals surface area (Å²) in [5.41, 5.74) is 0. The first-order valence-corrected chi connectivity index (χ1v) is 8.12. The first-order chi connectivity index (χ1) is 8.49. The number of rotatable bonds is 3. The van der Waals surface area contributed by atoms with Crippen molar-refractivity contribution < 1.29 is 8.42 Å². The Labute approximate surface area is 114 Å². The smallest absolute Gasteiger partial charge is 0.208 e. The molecule has 0 saturated heterocycles. The minimum Gasteiger partial charge on any atom is -0.208 e. The van der Waals surface area contributed by atoms with Crippen LogP contribution in [0.15, 0.2) is 35.2 Å². The van der Waals surface area contributed by atoms with Gasteiger partial charge in [0.1, 0.15) is 0 Å². The van der Waals surface area contributed by atoms with Gasteiger partial charge in [0.15, 0.2) is 0 Å². The monoisotopic (exact) mass is 287 g/mol. The highest BCUT2D eigenvalue weighted by molar-refractivity contribution is 7.89. The van der Waals surface area contributed by atoms with Gasteiger partial charge in [-0.1, -0.05) is 25.1 Å². The molecule has 0 radical (unpaired) electrons. The Kier molecular flexibility index (Phi) is 4.30. The van der Waals surface area contributed by atoms with Crippen molar-refractivity contribution in [2.45, 2.75) is 42.5 Å². The number of hydrogen-bond donors (Lipinski definition) is 1. The zero-order valence-electron chi connectivity index (χ0n) is 10.3. The van der Waals surface area contributed by atoms with Crippen LogP contribution in [0.5, 0.6) is 0 Å². The molecule has 100 valence electrons. The first-order valence-electron chi connectivity index (χ1n) is 6.20. The van der Waals surface area contributed by atoms with E-state index in [1.165, 1.54) is 0 Å². The van der Waals surface area contributed by atoms with E-state index < -0.39 is 10.0 Å². The van der Waals surface area contributed by atoms with Crippen molar-refractivity contribution in [3.8, 4) is 0 Å². The molecule has 2 rings (SSSR count). The largest absolute Gasteiger partial charge is 0.240 e. The number of nitrogens with one attached hydrogen (secondary N) is 1. The number of halogens is 1. The highest BCUT2D eigenvalue weighted by Gasteiger charge is 2.29. The normalized spacial score (nSPS) is 29.1. The van der Waals surface area contributed by atoms with Crippen molar-refractivity contribution >= 4 is 21.6 Å². The molecule has 1 aromatic carbocycles. The van der Waals surface area contributed by atoms with Crippen molar-refractivity contribution in [1.82, 2.24) is 4.72 Å². The molecule has 3 atom stereocenters. The zero-order valence-corrected chi connectivity index (χ0v) is 11.9. The molecule has 0 heterocycles. The third-order valence-corrected chi connectivity index (χ3v) is 5.62. The number of benzene rings is 1. The van der Waals surface area contributed by atoms with Gasteiger partial charge in [-0.3, -0.25) is 0 Å². The molecule has 3 unspecified atom stereocenters. The molecule has 18 heavy (non-hydrogen) atoms. The van der Waals surface area contributed by atoms with Gasteiger partial charge in [0, 0.05) is 11.4 Å². The Balaban J connectivity index is 2.06. The molecule has 0 spiro atoms. The summed E-state index contributed by atoms with van der Waals surface area (Å²) in [6.07, 6.45) is 2.48. The van der Waals surface area contributed by atoms with E-state index in [4.69, 9.17) is 11.6 Å². The lowest BCUT2D eigenvalue weighted by atomic mass is 9.87. The Hall–Kier alpha value is -0.580. The van der Waals surface area contributed by atoms with E-state index in [2.05, 4.69) is 11.6 Å². The molecule has 0 bridgehead atoms. The van der Waals surface area contributed by atoms with Crippen molar-refractivity contribution in [1.29, 1.82) is 0 Å². The van der Waals surface area contributed by atoms with E-state index in [1.807, 2.05) is 0 Å². The molecule has 1 aliphatic carbocycles. The van der Waals surface area contributed by atoms with Gasteiger partial charge >= 0.3 is 0 Å². The molecule has 0 aromatic heterocycles. The van der Waals surface area contributed by atoms with Crippen LogP contribution in [0.1, 0.15) is 26.2 Å². The Bertz CT molecular complexity index is 489.